The smallest absolute Gasteiger partial charge is 0.247 e. The molecule has 0 radical (unpaired) electrons. The first-order chi connectivity index (χ1) is 12.3. The van der Waals surface area contributed by atoms with Gasteiger partial charge in [0.25, 0.3) is 0 Å². The third-order valence-corrected chi connectivity index (χ3v) is 3.08. The zero-order valence-corrected chi connectivity index (χ0v) is 16.3. The second-order valence-corrected chi connectivity index (χ2v) is 5.21. The van der Waals surface area contributed by atoms with Crippen molar-refractivity contribution in [1.82, 2.24) is 4.57 Å². The maximum atomic E-state index is 10.8. The Morgan fingerprint density at radius 3 is 2.04 bits per heavy atom. The molecule has 0 saturated carbocycles. The average Bonchev–Trinajstić information content (AvgIpc) is 2.97. The molecule has 2 rings (SSSR count). The predicted octanol–water partition coefficient (Wildman–Crippen LogP) is 4.77. The summed E-state index contributed by atoms with van der Waals surface area (Å²) in [7, 11) is 1.91. The first-order valence-corrected chi connectivity index (χ1v) is 8.42. The summed E-state index contributed by atoms with van der Waals surface area (Å²) in [5.41, 5.74) is 3.76. The molecule has 0 atom stereocenters. The minimum absolute atomic E-state index is 0.0591. The van der Waals surface area contributed by atoms with E-state index >= 15 is 0 Å². The van der Waals surface area contributed by atoms with Gasteiger partial charge in [-0.05, 0) is 37.3 Å². The van der Waals surface area contributed by atoms with E-state index in [9.17, 15) is 9.59 Å². The minimum Gasteiger partial charge on any atom is -0.349 e. The van der Waals surface area contributed by atoms with Crippen molar-refractivity contribution in [1.29, 1.82) is 0 Å². The molecule has 5 heteroatoms. The second kappa shape index (κ2) is 12.3. The molecule has 140 valence electrons. The number of hydrogen-bond donors (Lipinski definition) is 2. The van der Waals surface area contributed by atoms with Crippen LogP contribution in [0.2, 0.25) is 0 Å². The lowest BCUT2D eigenvalue weighted by molar-refractivity contribution is -0.114. The van der Waals surface area contributed by atoms with Gasteiger partial charge in [0.1, 0.15) is 0 Å². The minimum atomic E-state index is -0.182. The Hall–Kier alpha value is -3.08. The Kier molecular flexibility index (Phi) is 10.8. The molecular formula is C21H29N3O2. The van der Waals surface area contributed by atoms with Crippen molar-refractivity contribution >= 4 is 29.3 Å². The van der Waals surface area contributed by atoms with Gasteiger partial charge < -0.3 is 15.2 Å². The Morgan fingerprint density at radius 2 is 1.62 bits per heavy atom. The molecule has 1 aromatic carbocycles. The predicted molar refractivity (Wildman–Crippen MR) is 111 cm³/mol. The van der Waals surface area contributed by atoms with Gasteiger partial charge >= 0.3 is 0 Å². The van der Waals surface area contributed by atoms with Crippen LogP contribution in [0.5, 0.6) is 0 Å². The lowest BCUT2D eigenvalue weighted by Crippen LogP contribution is -2.06. The molecule has 5 nitrogen and oxygen atoms in total. The number of aryl methyl sites for hydroxylation is 2. The number of nitrogens with zero attached hydrogens (tertiary/aromatic N) is 1. The molecule has 0 unspecified atom stereocenters. The fourth-order valence-corrected chi connectivity index (χ4v) is 1.89. The Bertz CT molecular complexity index is 728. The van der Waals surface area contributed by atoms with Crippen molar-refractivity contribution in [3.05, 3.63) is 67.0 Å². The van der Waals surface area contributed by atoms with E-state index in [-0.39, 0.29) is 11.8 Å². The maximum Gasteiger partial charge on any atom is 0.247 e. The lowest BCUT2D eigenvalue weighted by Gasteiger charge is -2.01. The topological polar surface area (TPSA) is 63.1 Å². The molecule has 2 amide bonds. The van der Waals surface area contributed by atoms with Gasteiger partial charge in [-0.25, -0.2) is 0 Å². The van der Waals surface area contributed by atoms with Gasteiger partial charge in [0.15, 0.2) is 0 Å². The number of carbonyl (C=O) groups is 2. The molecule has 2 aromatic rings. The number of benzene rings is 1. The van der Waals surface area contributed by atoms with E-state index in [4.69, 9.17) is 0 Å². The van der Waals surface area contributed by atoms with Gasteiger partial charge in [0, 0.05) is 31.5 Å². The lowest BCUT2D eigenvalue weighted by atomic mass is 10.2. The SMILES string of the molecule is C=CC(=O)Nc1ccc(C)cc1.C=Cc1cc(NC(C)=O)cn1C.CC. The quantitative estimate of drug-likeness (QED) is 0.776. The van der Waals surface area contributed by atoms with E-state index in [2.05, 4.69) is 23.8 Å². The third-order valence-electron chi connectivity index (χ3n) is 3.08. The molecule has 0 aliphatic heterocycles. The van der Waals surface area contributed by atoms with Crippen LogP contribution in [-0.2, 0) is 16.6 Å². The van der Waals surface area contributed by atoms with E-state index < -0.39 is 0 Å². The van der Waals surface area contributed by atoms with Crippen molar-refractivity contribution in [2.75, 3.05) is 10.6 Å². The Balaban J connectivity index is 0.000000439. The van der Waals surface area contributed by atoms with Crippen LogP contribution in [0.1, 0.15) is 32.0 Å². The highest BCUT2D eigenvalue weighted by Crippen LogP contribution is 2.13. The van der Waals surface area contributed by atoms with Crippen LogP contribution in [0.25, 0.3) is 6.08 Å². The van der Waals surface area contributed by atoms with Crippen LogP contribution in [-0.4, -0.2) is 16.4 Å². The van der Waals surface area contributed by atoms with Gasteiger partial charge in [-0.2, -0.15) is 0 Å². The molecule has 1 aromatic heterocycles. The molecule has 1 heterocycles. The molecule has 2 N–H and O–H groups in total. The number of carbonyl (C=O) groups excluding carboxylic acids is 2. The fourth-order valence-electron chi connectivity index (χ4n) is 1.89. The number of amides is 2. The zero-order chi connectivity index (χ0) is 20.1. The molecule has 26 heavy (non-hydrogen) atoms. The average molecular weight is 355 g/mol. The molecule has 0 saturated heterocycles. The van der Waals surface area contributed by atoms with E-state index in [0.717, 1.165) is 17.1 Å². The first kappa shape index (κ1) is 22.9. The van der Waals surface area contributed by atoms with E-state index in [1.165, 1.54) is 18.6 Å². The molecule has 0 fully saturated rings. The largest absolute Gasteiger partial charge is 0.349 e. The molecular weight excluding hydrogens is 326 g/mol. The molecule has 0 bridgehead atoms. The van der Waals surface area contributed by atoms with Crippen LogP contribution in [0, 0.1) is 6.92 Å². The summed E-state index contributed by atoms with van der Waals surface area (Å²) in [6.45, 7) is 14.5. The Morgan fingerprint density at radius 1 is 1.04 bits per heavy atom. The van der Waals surface area contributed by atoms with Crippen molar-refractivity contribution in [2.24, 2.45) is 7.05 Å². The number of hydrogen-bond acceptors (Lipinski definition) is 2. The standard InChI is InChI=1S/C10H11NO.C9H12N2O.C2H6/c1-3-10(12)11-9-6-4-8(2)5-7-9;1-4-9-5-8(6-11(9)3)10-7(2)12;1-2/h3-7H,1H2,2H3,(H,11,12);4-6H,1H2,2-3H3,(H,10,12);1-2H3. The van der Waals surface area contributed by atoms with Crippen LogP contribution >= 0.6 is 0 Å². The normalized spacial score (nSPS) is 8.81. The summed E-state index contributed by atoms with van der Waals surface area (Å²) in [4.78, 5) is 21.5. The number of rotatable bonds is 4. The number of nitrogens with one attached hydrogen (secondary N) is 2. The summed E-state index contributed by atoms with van der Waals surface area (Å²) in [5, 5.41) is 5.35. The van der Waals surface area contributed by atoms with Gasteiger partial charge in [-0.15, -0.1) is 0 Å². The van der Waals surface area contributed by atoms with Gasteiger partial charge in [0.2, 0.25) is 11.8 Å². The van der Waals surface area contributed by atoms with Gasteiger partial charge in [-0.3, -0.25) is 9.59 Å². The van der Waals surface area contributed by atoms with Crippen LogP contribution in [0.4, 0.5) is 11.4 Å². The summed E-state index contributed by atoms with van der Waals surface area (Å²) in [6, 6.07) is 9.47. The zero-order valence-electron chi connectivity index (χ0n) is 16.3. The second-order valence-electron chi connectivity index (χ2n) is 5.21. The monoisotopic (exact) mass is 355 g/mol. The highest BCUT2D eigenvalue weighted by atomic mass is 16.2. The van der Waals surface area contributed by atoms with E-state index in [1.54, 1.807) is 6.08 Å². The van der Waals surface area contributed by atoms with E-state index in [0.29, 0.717) is 0 Å². The van der Waals surface area contributed by atoms with Crippen LogP contribution in [0.3, 0.4) is 0 Å². The van der Waals surface area contributed by atoms with Crippen molar-refractivity contribution in [3.8, 4) is 0 Å². The Labute approximate surface area is 156 Å². The third kappa shape index (κ3) is 8.68. The fraction of sp³-hybridized carbons (Fsp3) is 0.238. The first-order valence-electron chi connectivity index (χ1n) is 8.42. The van der Waals surface area contributed by atoms with Gasteiger partial charge in [-0.1, -0.05) is 44.7 Å². The van der Waals surface area contributed by atoms with Crippen molar-refractivity contribution in [3.63, 3.8) is 0 Å². The van der Waals surface area contributed by atoms with Crippen LogP contribution < -0.4 is 10.6 Å². The van der Waals surface area contributed by atoms with Gasteiger partial charge in [0.05, 0.1) is 5.69 Å². The summed E-state index contributed by atoms with van der Waals surface area (Å²) < 4.78 is 1.90. The number of aromatic nitrogens is 1. The van der Waals surface area contributed by atoms with Crippen molar-refractivity contribution in [2.45, 2.75) is 27.7 Å². The van der Waals surface area contributed by atoms with Crippen molar-refractivity contribution < 1.29 is 9.59 Å². The summed E-state index contributed by atoms with van der Waals surface area (Å²) in [6.07, 6.45) is 4.84. The number of anilines is 2. The molecule has 0 spiro atoms. The molecule has 0 aliphatic carbocycles. The maximum absolute atomic E-state index is 10.8. The summed E-state index contributed by atoms with van der Waals surface area (Å²) in [5.74, 6) is -0.241. The summed E-state index contributed by atoms with van der Waals surface area (Å²) >= 11 is 0. The highest BCUT2D eigenvalue weighted by Gasteiger charge is 2.00. The highest BCUT2D eigenvalue weighted by molar-refractivity contribution is 5.98. The molecule has 0 aliphatic rings. The van der Waals surface area contributed by atoms with Crippen LogP contribution in [0.15, 0.2) is 55.8 Å². The van der Waals surface area contributed by atoms with E-state index in [1.807, 2.05) is 68.9 Å².